The number of fused-ring (bicyclic) bond motifs is 1. The van der Waals surface area contributed by atoms with Gasteiger partial charge in [-0.2, -0.15) is 5.26 Å². The molecule has 0 aliphatic carbocycles. The number of nitriles is 1. The van der Waals surface area contributed by atoms with Crippen LogP contribution in [-0.2, 0) is 0 Å². The molecule has 1 aromatic carbocycles. The highest BCUT2D eigenvalue weighted by Crippen LogP contribution is 2.23. The highest BCUT2D eigenvalue weighted by atomic mass is 16.3. The van der Waals surface area contributed by atoms with E-state index in [0.717, 1.165) is 10.9 Å². The third-order valence-electron chi connectivity index (χ3n) is 3.33. The molecule has 2 aromatic rings. The number of hydrogen-bond donors (Lipinski definition) is 2. The Kier molecular flexibility index (Phi) is 3.41. The summed E-state index contributed by atoms with van der Waals surface area (Å²) >= 11 is 0. The van der Waals surface area contributed by atoms with Gasteiger partial charge in [0, 0.05) is 5.39 Å². The normalized spacial score (nSPS) is 13.0. The Hall–Kier alpha value is -2.12. The second kappa shape index (κ2) is 4.87. The molecule has 0 saturated heterocycles. The first-order chi connectivity index (χ1) is 8.94. The number of nitrogens with one attached hydrogen (secondary N) is 1. The molecule has 1 unspecified atom stereocenters. The van der Waals surface area contributed by atoms with Gasteiger partial charge in [0.2, 0.25) is 0 Å². The zero-order valence-corrected chi connectivity index (χ0v) is 11.3. The van der Waals surface area contributed by atoms with Crippen LogP contribution in [0.5, 0.6) is 0 Å². The van der Waals surface area contributed by atoms with E-state index < -0.39 is 11.6 Å². The highest BCUT2D eigenvalue weighted by molar-refractivity contribution is 5.82. The smallest absolute Gasteiger partial charge is 0.145 e. The maximum absolute atomic E-state index is 9.75. The quantitative estimate of drug-likeness (QED) is 0.884. The second-order valence-electron chi connectivity index (χ2n) is 5.21. The molecule has 0 spiro atoms. The number of benzene rings is 1. The van der Waals surface area contributed by atoms with Crippen LogP contribution in [0.2, 0.25) is 0 Å². The number of aliphatic hydroxyl groups excluding tert-OH is 1. The van der Waals surface area contributed by atoms with E-state index in [1.807, 2.05) is 44.2 Å². The van der Waals surface area contributed by atoms with E-state index in [1.165, 1.54) is 0 Å². The summed E-state index contributed by atoms with van der Waals surface area (Å²) in [6.45, 7) is 5.45. The van der Waals surface area contributed by atoms with Gasteiger partial charge in [0.05, 0.1) is 22.7 Å². The molecule has 0 radical (unpaired) electrons. The Morgan fingerprint density at radius 3 is 2.68 bits per heavy atom. The standard InChI is InChI=1S/C15H17N3O/c1-10(19)15(2,3)18-14-12(9-16)8-11-6-4-5-7-13(11)17-14/h4-8,10,19H,1-3H3,(H,17,18). The molecule has 0 fully saturated rings. The van der Waals surface area contributed by atoms with Crippen LogP contribution in [0.15, 0.2) is 30.3 Å². The van der Waals surface area contributed by atoms with E-state index in [-0.39, 0.29) is 0 Å². The van der Waals surface area contributed by atoms with Gasteiger partial charge in [-0.25, -0.2) is 4.98 Å². The first kappa shape index (κ1) is 13.3. The van der Waals surface area contributed by atoms with Crippen LogP contribution in [0.4, 0.5) is 5.82 Å². The second-order valence-corrected chi connectivity index (χ2v) is 5.21. The Bertz CT molecular complexity index is 641. The molecule has 1 heterocycles. The summed E-state index contributed by atoms with van der Waals surface area (Å²) in [5.41, 5.74) is 0.749. The summed E-state index contributed by atoms with van der Waals surface area (Å²) in [6, 6.07) is 11.6. The van der Waals surface area contributed by atoms with E-state index in [1.54, 1.807) is 6.92 Å². The first-order valence-electron chi connectivity index (χ1n) is 6.20. The third kappa shape index (κ3) is 2.67. The summed E-state index contributed by atoms with van der Waals surface area (Å²) in [4.78, 5) is 4.47. The average Bonchev–Trinajstić information content (AvgIpc) is 2.37. The molecule has 0 amide bonds. The third-order valence-corrected chi connectivity index (χ3v) is 3.33. The predicted molar refractivity (Wildman–Crippen MR) is 75.8 cm³/mol. The molecule has 0 aliphatic rings. The summed E-state index contributed by atoms with van der Waals surface area (Å²) in [6.07, 6.45) is -0.563. The summed E-state index contributed by atoms with van der Waals surface area (Å²) in [5, 5.41) is 23.0. The molecule has 2 rings (SSSR count). The molecule has 1 atom stereocenters. The van der Waals surface area contributed by atoms with Crippen molar-refractivity contribution in [3.05, 3.63) is 35.9 Å². The monoisotopic (exact) mass is 255 g/mol. The number of anilines is 1. The number of hydrogen-bond acceptors (Lipinski definition) is 4. The van der Waals surface area contributed by atoms with Crippen molar-refractivity contribution in [1.82, 2.24) is 4.98 Å². The summed E-state index contributed by atoms with van der Waals surface area (Å²) in [7, 11) is 0. The molecule has 4 heteroatoms. The maximum Gasteiger partial charge on any atom is 0.145 e. The Morgan fingerprint density at radius 2 is 2.05 bits per heavy atom. The van der Waals surface area contributed by atoms with Crippen LogP contribution in [0.25, 0.3) is 10.9 Å². The fourth-order valence-electron chi connectivity index (χ4n) is 1.71. The lowest BCUT2D eigenvalue weighted by Crippen LogP contribution is -2.42. The van der Waals surface area contributed by atoms with E-state index in [9.17, 15) is 10.4 Å². The van der Waals surface area contributed by atoms with Crippen molar-refractivity contribution >= 4 is 16.7 Å². The molecule has 0 aliphatic heterocycles. The van der Waals surface area contributed by atoms with Gasteiger partial charge < -0.3 is 10.4 Å². The maximum atomic E-state index is 9.75. The minimum Gasteiger partial charge on any atom is -0.391 e. The van der Waals surface area contributed by atoms with Crippen molar-refractivity contribution in [2.24, 2.45) is 0 Å². The lowest BCUT2D eigenvalue weighted by molar-refractivity contribution is 0.133. The summed E-state index contributed by atoms with van der Waals surface area (Å²) in [5.74, 6) is 0.507. The van der Waals surface area contributed by atoms with Crippen molar-refractivity contribution in [2.75, 3.05) is 5.32 Å². The molecule has 0 saturated carbocycles. The van der Waals surface area contributed by atoms with Gasteiger partial charge in [-0.3, -0.25) is 0 Å². The lowest BCUT2D eigenvalue weighted by atomic mass is 9.98. The number of rotatable bonds is 3. The molecule has 2 N–H and O–H groups in total. The van der Waals surface area contributed by atoms with Gasteiger partial charge in [-0.15, -0.1) is 0 Å². The van der Waals surface area contributed by atoms with Gasteiger partial charge in [0.15, 0.2) is 0 Å². The van der Waals surface area contributed by atoms with Crippen LogP contribution in [0.1, 0.15) is 26.3 Å². The molecule has 1 aromatic heterocycles. The van der Waals surface area contributed by atoms with Gasteiger partial charge in [0.25, 0.3) is 0 Å². The molecule has 19 heavy (non-hydrogen) atoms. The Labute approximate surface area is 112 Å². The van der Waals surface area contributed by atoms with E-state index in [0.29, 0.717) is 11.4 Å². The number of aromatic nitrogens is 1. The fraction of sp³-hybridized carbons (Fsp3) is 0.333. The number of para-hydroxylation sites is 1. The number of aliphatic hydroxyl groups is 1. The van der Waals surface area contributed by atoms with E-state index >= 15 is 0 Å². The van der Waals surface area contributed by atoms with Gasteiger partial charge >= 0.3 is 0 Å². The van der Waals surface area contributed by atoms with Gasteiger partial charge in [-0.1, -0.05) is 18.2 Å². The lowest BCUT2D eigenvalue weighted by Gasteiger charge is -2.30. The van der Waals surface area contributed by atoms with Crippen molar-refractivity contribution in [3.63, 3.8) is 0 Å². The van der Waals surface area contributed by atoms with Crippen molar-refractivity contribution in [2.45, 2.75) is 32.4 Å². The minimum absolute atomic E-state index is 0.479. The Morgan fingerprint density at radius 1 is 1.37 bits per heavy atom. The number of pyridine rings is 1. The van der Waals surface area contributed by atoms with Crippen LogP contribution in [-0.4, -0.2) is 21.7 Å². The zero-order valence-electron chi connectivity index (χ0n) is 11.3. The molecule has 4 nitrogen and oxygen atoms in total. The largest absolute Gasteiger partial charge is 0.391 e. The van der Waals surface area contributed by atoms with Crippen molar-refractivity contribution in [3.8, 4) is 6.07 Å². The van der Waals surface area contributed by atoms with E-state index in [2.05, 4.69) is 16.4 Å². The molecular formula is C15H17N3O. The fourth-order valence-corrected chi connectivity index (χ4v) is 1.71. The van der Waals surface area contributed by atoms with Crippen LogP contribution >= 0.6 is 0 Å². The van der Waals surface area contributed by atoms with Gasteiger partial charge in [-0.05, 0) is 32.9 Å². The highest BCUT2D eigenvalue weighted by Gasteiger charge is 2.25. The van der Waals surface area contributed by atoms with Crippen molar-refractivity contribution < 1.29 is 5.11 Å². The molecule has 0 bridgehead atoms. The average molecular weight is 255 g/mol. The zero-order chi connectivity index (χ0) is 14.0. The minimum atomic E-state index is -0.563. The van der Waals surface area contributed by atoms with E-state index in [4.69, 9.17) is 0 Å². The van der Waals surface area contributed by atoms with Gasteiger partial charge in [0.1, 0.15) is 11.9 Å². The van der Waals surface area contributed by atoms with Crippen LogP contribution in [0, 0.1) is 11.3 Å². The number of nitrogens with zero attached hydrogens (tertiary/aromatic N) is 2. The SMILES string of the molecule is CC(O)C(C)(C)Nc1nc2ccccc2cc1C#N. The molecule has 98 valence electrons. The first-order valence-corrected chi connectivity index (χ1v) is 6.20. The Balaban J connectivity index is 2.51. The molecular weight excluding hydrogens is 238 g/mol. The van der Waals surface area contributed by atoms with Crippen molar-refractivity contribution in [1.29, 1.82) is 5.26 Å². The van der Waals surface area contributed by atoms with Crippen LogP contribution in [0.3, 0.4) is 0 Å². The topological polar surface area (TPSA) is 68.9 Å². The predicted octanol–water partition coefficient (Wildman–Crippen LogP) is 2.68. The van der Waals surface area contributed by atoms with Crippen LogP contribution < -0.4 is 5.32 Å². The summed E-state index contributed by atoms with van der Waals surface area (Å²) < 4.78 is 0.